The molecule has 0 aliphatic heterocycles. The van der Waals surface area contributed by atoms with Crippen LogP contribution in [0.5, 0.6) is 0 Å². The van der Waals surface area contributed by atoms with Gasteiger partial charge in [-0.3, -0.25) is 4.98 Å². The molecule has 0 aliphatic carbocycles. The van der Waals surface area contributed by atoms with Gasteiger partial charge in [0.1, 0.15) is 0 Å². The molecule has 0 aliphatic rings. The van der Waals surface area contributed by atoms with Crippen LogP contribution in [-0.4, -0.2) is 11.5 Å². The standard InChI is InChI=1S/C13H24N2S/c1-3-4-5-6-7-8-9-15-12(2)13-10-14-11-16-13/h10-12,15H,3-9H2,1-2H3. The average molecular weight is 240 g/mol. The van der Waals surface area contributed by atoms with E-state index in [0.717, 1.165) is 6.54 Å². The quantitative estimate of drug-likeness (QED) is 0.656. The van der Waals surface area contributed by atoms with E-state index in [1.54, 1.807) is 11.3 Å². The van der Waals surface area contributed by atoms with Gasteiger partial charge in [0.25, 0.3) is 0 Å². The monoisotopic (exact) mass is 240 g/mol. The zero-order valence-corrected chi connectivity index (χ0v) is 11.4. The lowest BCUT2D eigenvalue weighted by Crippen LogP contribution is -2.18. The number of nitrogens with one attached hydrogen (secondary N) is 1. The fourth-order valence-electron chi connectivity index (χ4n) is 1.76. The third kappa shape index (κ3) is 5.61. The number of hydrogen-bond acceptors (Lipinski definition) is 3. The number of hydrogen-bond donors (Lipinski definition) is 1. The molecular weight excluding hydrogens is 216 g/mol. The molecular formula is C13H24N2S. The first-order chi connectivity index (χ1) is 7.84. The zero-order chi connectivity index (χ0) is 11.6. The highest BCUT2D eigenvalue weighted by Crippen LogP contribution is 2.16. The van der Waals surface area contributed by atoms with Gasteiger partial charge in [-0.1, -0.05) is 39.0 Å². The second-order valence-electron chi connectivity index (χ2n) is 4.35. The molecule has 16 heavy (non-hydrogen) atoms. The van der Waals surface area contributed by atoms with E-state index in [4.69, 9.17) is 0 Å². The summed E-state index contributed by atoms with van der Waals surface area (Å²) in [4.78, 5) is 5.44. The average Bonchev–Trinajstić information content (AvgIpc) is 2.81. The molecule has 0 radical (unpaired) electrons. The number of unbranched alkanes of at least 4 members (excludes halogenated alkanes) is 5. The van der Waals surface area contributed by atoms with E-state index in [9.17, 15) is 0 Å². The minimum Gasteiger partial charge on any atom is -0.309 e. The largest absolute Gasteiger partial charge is 0.309 e. The summed E-state index contributed by atoms with van der Waals surface area (Å²) in [6.07, 6.45) is 10.1. The molecule has 0 saturated heterocycles. The van der Waals surface area contributed by atoms with Crippen molar-refractivity contribution >= 4 is 11.3 Å². The van der Waals surface area contributed by atoms with E-state index in [1.807, 2.05) is 11.7 Å². The van der Waals surface area contributed by atoms with Crippen LogP contribution >= 0.6 is 11.3 Å². The van der Waals surface area contributed by atoms with Crippen molar-refractivity contribution in [2.45, 2.75) is 58.4 Å². The Labute approximate surface area is 103 Å². The van der Waals surface area contributed by atoms with Gasteiger partial charge >= 0.3 is 0 Å². The van der Waals surface area contributed by atoms with Crippen molar-refractivity contribution in [3.8, 4) is 0 Å². The Balaban J connectivity index is 1.95. The maximum absolute atomic E-state index is 4.10. The molecule has 1 N–H and O–H groups in total. The summed E-state index contributed by atoms with van der Waals surface area (Å²) in [5.41, 5.74) is 1.90. The lowest BCUT2D eigenvalue weighted by Gasteiger charge is -2.11. The second-order valence-corrected chi connectivity index (χ2v) is 5.27. The molecule has 92 valence electrons. The van der Waals surface area contributed by atoms with Gasteiger partial charge in [-0.05, 0) is 19.9 Å². The molecule has 0 saturated carbocycles. The van der Waals surface area contributed by atoms with E-state index in [0.29, 0.717) is 6.04 Å². The molecule has 1 aromatic heterocycles. The molecule has 1 heterocycles. The first-order valence-corrected chi connectivity index (χ1v) is 7.34. The molecule has 2 nitrogen and oxygen atoms in total. The van der Waals surface area contributed by atoms with Crippen molar-refractivity contribution in [2.75, 3.05) is 6.54 Å². The van der Waals surface area contributed by atoms with Crippen LogP contribution in [0.25, 0.3) is 0 Å². The highest BCUT2D eigenvalue weighted by molar-refractivity contribution is 7.09. The Bertz CT molecular complexity index is 246. The minimum atomic E-state index is 0.461. The van der Waals surface area contributed by atoms with E-state index in [1.165, 1.54) is 43.4 Å². The summed E-state index contributed by atoms with van der Waals surface area (Å²) >= 11 is 1.73. The van der Waals surface area contributed by atoms with Gasteiger partial charge in [0.15, 0.2) is 0 Å². The van der Waals surface area contributed by atoms with Crippen molar-refractivity contribution in [2.24, 2.45) is 0 Å². The predicted octanol–water partition coefficient (Wildman–Crippen LogP) is 4.15. The highest BCUT2D eigenvalue weighted by Gasteiger charge is 2.04. The van der Waals surface area contributed by atoms with Crippen LogP contribution < -0.4 is 5.32 Å². The van der Waals surface area contributed by atoms with E-state index in [2.05, 4.69) is 24.1 Å². The van der Waals surface area contributed by atoms with Gasteiger partial charge in [-0.15, -0.1) is 11.3 Å². The molecule has 0 bridgehead atoms. The number of nitrogens with zero attached hydrogens (tertiary/aromatic N) is 1. The number of aromatic nitrogens is 1. The molecule has 3 heteroatoms. The summed E-state index contributed by atoms with van der Waals surface area (Å²) in [5, 5.41) is 3.55. The van der Waals surface area contributed by atoms with Gasteiger partial charge < -0.3 is 5.32 Å². The lowest BCUT2D eigenvalue weighted by molar-refractivity contribution is 0.531. The Morgan fingerprint density at radius 3 is 2.69 bits per heavy atom. The fourth-order valence-corrected chi connectivity index (χ4v) is 2.42. The first kappa shape index (κ1) is 13.7. The van der Waals surface area contributed by atoms with Crippen LogP contribution in [0.4, 0.5) is 0 Å². The maximum atomic E-state index is 4.10. The van der Waals surface area contributed by atoms with Crippen molar-refractivity contribution in [1.29, 1.82) is 0 Å². The molecule has 0 fully saturated rings. The van der Waals surface area contributed by atoms with Crippen LogP contribution in [0.3, 0.4) is 0 Å². The summed E-state index contributed by atoms with van der Waals surface area (Å²) in [5.74, 6) is 0. The summed E-state index contributed by atoms with van der Waals surface area (Å²) < 4.78 is 0. The Morgan fingerprint density at radius 1 is 1.25 bits per heavy atom. The molecule has 1 rings (SSSR count). The molecule has 1 aromatic rings. The van der Waals surface area contributed by atoms with Gasteiger partial charge in [-0.2, -0.15) is 0 Å². The maximum Gasteiger partial charge on any atom is 0.0794 e. The van der Waals surface area contributed by atoms with Gasteiger partial charge in [0.05, 0.1) is 5.51 Å². The first-order valence-electron chi connectivity index (χ1n) is 6.46. The van der Waals surface area contributed by atoms with Crippen LogP contribution in [0, 0.1) is 0 Å². The smallest absolute Gasteiger partial charge is 0.0794 e. The molecule has 1 atom stereocenters. The van der Waals surface area contributed by atoms with E-state index >= 15 is 0 Å². The van der Waals surface area contributed by atoms with E-state index < -0.39 is 0 Å². The topological polar surface area (TPSA) is 24.9 Å². The van der Waals surface area contributed by atoms with Gasteiger partial charge in [0, 0.05) is 17.1 Å². The normalized spacial score (nSPS) is 12.9. The fraction of sp³-hybridized carbons (Fsp3) is 0.769. The van der Waals surface area contributed by atoms with Gasteiger partial charge in [-0.25, -0.2) is 0 Å². The van der Waals surface area contributed by atoms with Crippen molar-refractivity contribution in [1.82, 2.24) is 10.3 Å². The number of rotatable bonds is 9. The van der Waals surface area contributed by atoms with Crippen LogP contribution in [-0.2, 0) is 0 Å². The summed E-state index contributed by atoms with van der Waals surface area (Å²) in [6.45, 7) is 5.61. The predicted molar refractivity (Wildman–Crippen MR) is 71.9 cm³/mol. The second kappa shape index (κ2) is 8.71. The minimum absolute atomic E-state index is 0.461. The van der Waals surface area contributed by atoms with E-state index in [-0.39, 0.29) is 0 Å². The Morgan fingerprint density at radius 2 is 2.00 bits per heavy atom. The molecule has 0 amide bonds. The molecule has 0 aromatic carbocycles. The van der Waals surface area contributed by atoms with Crippen molar-refractivity contribution in [3.05, 3.63) is 16.6 Å². The van der Waals surface area contributed by atoms with Crippen molar-refractivity contribution in [3.63, 3.8) is 0 Å². The van der Waals surface area contributed by atoms with Crippen LogP contribution in [0.15, 0.2) is 11.7 Å². The third-order valence-corrected chi connectivity index (χ3v) is 3.82. The van der Waals surface area contributed by atoms with Crippen LogP contribution in [0.2, 0.25) is 0 Å². The number of thiazole rings is 1. The molecule has 0 spiro atoms. The van der Waals surface area contributed by atoms with Crippen LogP contribution in [0.1, 0.15) is 63.3 Å². The highest BCUT2D eigenvalue weighted by atomic mass is 32.1. The SMILES string of the molecule is CCCCCCCCNC(C)c1cncs1. The Hall–Kier alpha value is -0.410. The zero-order valence-electron chi connectivity index (χ0n) is 10.5. The summed E-state index contributed by atoms with van der Waals surface area (Å²) in [7, 11) is 0. The van der Waals surface area contributed by atoms with Gasteiger partial charge in [0.2, 0.25) is 0 Å². The third-order valence-electron chi connectivity index (χ3n) is 2.86. The molecule has 1 unspecified atom stereocenters. The van der Waals surface area contributed by atoms with Crippen molar-refractivity contribution < 1.29 is 0 Å². The Kier molecular flexibility index (Phi) is 7.43. The lowest BCUT2D eigenvalue weighted by atomic mass is 10.1. The summed E-state index contributed by atoms with van der Waals surface area (Å²) in [6, 6.07) is 0.461.